The zero-order valence-corrected chi connectivity index (χ0v) is 12.4. The first-order valence-electron chi connectivity index (χ1n) is 6.73. The molecule has 3 heterocycles. The van der Waals surface area contributed by atoms with Crippen LogP contribution in [0, 0.1) is 0 Å². The number of ether oxygens (including phenoxy) is 1. The number of nitrogens with one attached hydrogen (secondary N) is 1. The van der Waals surface area contributed by atoms with Gasteiger partial charge >= 0.3 is 0 Å². The van der Waals surface area contributed by atoms with E-state index in [1.54, 1.807) is 18.0 Å². The molecule has 7 heteroatoms. The minimum absolute atomic E-state index is 0.641. The van der Waals surface area contributed by atoms with Crippen molar-refractivity contribution in [2.24, 2.45) is 14.1 Å². The van der Waals surface area contributed by atoms with Gasteiger partial charge in [0, 0.05) is 39.5 Å². The summed E-state index contributed by atoms with van der Waals surface area (Å²) in [6, 6.07) is 2.03. The van der Waals surface area contributed by atoms with Gasteiger partial charge < -0.3 is 14.6 Å². The van der Waals surface area contributed by atoms with Crippen LogP contribution in [0.3, 0.4) is 0 Å². The van der Waals surface area contributed by atoms with Gasteiger partial charge in [-0.15, -0.1) is 0 Å². The Morgan fingerprint density at radius 2 is 2.14 bits per heavy atom. The van der Waals surface area contributed by atoms with Crippen LogP contribution in [0.15, 0.2) is 24.7 Å². The van der Waals surface area contributed by atoms with Crippen LogP contribution < -0.4 is 5.32 Å². The molecule has 0 radical (unpaired) electrons. The van der Waals surface area contributed by atoms with E-state index in [1.807, 2.05) is 37.1 Å². The van der Waals surface area contributed by atoms with Crippen molar-refractivity contribution in [3.05, 3.63) is 24.7 Å². The minimum atomic E-state index is 0.641. The molecule has 0 saturated carbocycles. The van der Waals surface area contributed by atoms with Gasteiger partial charge in [-0.05, 0) is 6.07 Å². The quantitative estimate of drug-likeness (QED) is 0.718. The van der Waals surface area contributed by atoms with Crippen molar-refractivity contribution in [2.75, 3.05) is 25.6 Å². The molecule has 3 aromatic rings. The lowest BCUT2D eigenvalue weighted by atomic mass is 10.2. The lowest BCUT2D eigenvalue weighted by Crippen LogP contribution is -2.10. The smallest absolute Gasteiger partial charge is 0.203 e. The van der Waals surface area contributed by atoms with Crippen molar-refractivity contribution in [1.82, 2.24) is 24.3 Å². The second kappa shape index (κ2) is 5.53. The average Bonchev–Trinajstić information content (AvgIpc) is 3.04. The maximum atomic E-state index is 5.04. The predicted octanol–water partition coefficient (Wildman–Crippen LogP) is 1.43. The number of aryl methyl sites for hydroxylation is 2. The molecular weight excluding hydrogens is 268 g/mol. The van der Waals surface area contributed by atoms with Crippen LogP contribution in [0.5, 0.6) is 0 Å². The number of anilines is 1. The summed E-state index contributed by atoms with van der Waals surface area (Å²) < 4.78 is 8.82. The zero-order chi connectivity index (χ0) is 14.8. The number of pyridine rings is 1. The minimum Gasteiger partial charge on any atom is -0.383 e. The summed E-state index contributed by atoms with van der Waals surface area (Å²) in [4.78, 5) is 9.00. The van der Waals surface area contributed by atoms with Gasteiger partial charge in [0.25, 0.3) is 0 Å². The number of methoxy groups -OCH3 is 1. The van der Waals surface area contributed by atoms with Crippen LogP contribution in [0.25, 0.3) is 22.3 Å². The first kappa shape index (κ1) is 13.6. The molecule has 0 aliphatic heterocycles. The molecule has 0 atom stereocenters. The Hall–Kier alpha value is -2.41. The summed E-state index contributed by atoms with van der Waals surface area (Å²) in [7, 11) is 5.56. The number of aromatic nitrogens is 5. The molecule has 0 aromatic carbocycles. The van der Waals surface area contributed by atoms with E-state index in [1.165, 1.54) is 0 Å². The molecule has 0 fully saturated rings. The van der Waals surface area contributed by atoms with E-state index in [0.29, 0.717) is 6.61 Å². The van der Waals surface area contributed by atoms with Crippen LogP contribution in [-0.4, -0.2) is 44.6 Å². The topological polar surface area (TPSA) is 69.8 Å². The Morgan fingerprint density at radius 3 is 2.86 bits per heavy atom. The van der Waals surface area contributed by atoms with Crippen LogP contribution in [-0.2, 0) is 18.8 Å². The molecule has 110 valence electrons. The standard InChI is InChI=1S/C14H18N6O/c1-19-9-10(7-17-19)11-6-13-12(8-16-11)18-14(20(13)2)15-4-5-21-3/h6-9H,4-5H2,1-3H3,(H,15,18). The molecule has 0 saturated heterocycles. The van der Waals surface area contributed by atoms with Crippen LogP contribution in [0.1, 0.15) is 0 Å². The van der Waals surface area contributed by atoms with Gasteiger partial charge in [-0.1, -0.05) is 0 Å². The number of hydrogen-bond acceptors (Lipinski definition) is 5. The molecule has 3 aromatic heterocycles. The maximum Gasteiger partial charge on any atom is 0.203 e. The Balaban J connectivity index is 1.95. The van der Waals surface area contributed by atoms with E-state index in [-0.39, 0.29) is 0 Å². The molecule has 1 N–H and O–H groups in total. The first-order chi connectivity index (χ1) is 10.2. The average molecular weight is 286 g/mol. The van der Waals surface area contributed by atoms with Crippen molar-refractivity contribution in [3.8, 4) is 11.3 Å². The fraction of sp³-hybridized carbons (Fsp3) is 0.357. The number of rotatable bonds is 5. The van der Waals surface area contributed by atoms with Crippen LogP contribution in [0.4, 0.5) is 5.95 Å². The van der Waals surface area contributed by atoms with E-state index in [9.17, 15) is 0 Å². The number of nitrogens with zero attached hydrogens (tertiary/aromatic N) is 5. The van der Waals surface area contributed by atoms with Crippen LogP contribution >= 0.6 is 0 Å². The molecule has 0 spiro atoms. The fourth-order valence-corrected chi connectivity index (χ4v) is 2.23. The first-order valence-corrected chi connectivity index (χ1v) is 6.73. The molecule has 0 amide bonds. The summed E-state index contributed by atoms with van der Waals surface area (Å²) in [5.74, 6) is 0.812. The number of fused-ring (bicyclic) bond motifs is 1. The lowest BCUT2D eigenvalue weighted by Gasteiger charge is -2.05. The largest absolute Gasteiger partial charge is 0.383 e. The van der Waals surface area contributed by atoms with Gasteiger partial charge in [-0.25, -0.2) is 4.98 Å². The Kier molecular flexibility index (Phi) is 3.57. The molecule has 0 unspecified atom stereocenters. The molecule has 0 aliphatic carbocycles. The highest BCUT2D eigenvalue weighted by Gasteiger charge is 2.10. The normalized spacial score (nSPS) is 11.2. The van der Waals surface area contributed by atoms with E-state index in [0.717, 1.165) is 34.8 Å². The summed E-state index contributed by atoms with van der Waals surface area (Å²) in [6.07, 6.45) is 5.55. The van der Waals surface area contributed by atoms with E-state index in [2.05, 4.69) is 20.4 Å². The summed E-state index contributed by atoms with van der Waals surface area (Å²) in [5.41, 5.74) is 3.78. The second-order valence-corrected chi connectivity index (χ2v) is 4.87. The number of imidazole rings is 1. The van der Waals surface area contributed by atoms with E-state index < -0.39 is 0 Å². The third kappa shape index (κ3) is 2.59. The third-order valence-electron chi connectivity index (χ3n) is 3.36. The summed E-state index contributed by atoms with van der Waals surface area (Å²) >= 11 is 0. The fourth-order valence-electron chi connectivity index (χ4n) is 2.23. The lowest BCUT2D eigenvalue weighted by molar-refractivity contribution is 0.210. The van der Waals surface area contributed by atoms with Gasteiger partial charge in [-0.2, -0.15) is 5.10 Å². The molecule has 3 rings (SSSR count). The molecular formula is C14H18N6O. The van der Waals surface area contributed by atoms with E-state index >= 15 is 0 Å². The highest BCUT2D eigenvalue weighted by atomic mass is 16.5. The maximum absolute atomic E-state index is 5.04. The molecule has 7 nitrogen and oxygen atoms in total. The molecule has 0 aliphatic rings. The van der Waals surface area contributed by atoms with Gasteiger partial charge in [0.05, 0.1) is 30.2 Å². The second-order valence-electron chi connectivity index (χ2n) is 4.87. The van der Waals surface area contributed by atoms with Crippen molar-refractivity contribution in [1.29, 1.82) is 0 Å². The zero-order valence-electron chi connectivity index (χ0n) is 12.4. The monoisotopic (exact) mass is 286 g/mol. The molecule has 21 heavy (non-hydrogen) atoms. The van der Waals surface area contributed by atoms with Crippen LogP contribution in [0.2, 0.25) is 0 Å². The SMILES string of the molecule is COCCNc1nc2cnc(-c3cnn(C)c3)cc2n1C. The highest BCUT2D eigenvalue weighted by molar-refractivity contribution is 5.81. The van der Waals surface area contributed by atoms with E-state index in [4.69, 9.17) is 4.74 Å². The van der Waals surface area contributed by atoms with Gasteiger partial charge in [0.2, 0.25) is 5.95 Å². The Labute approximate surface area is 122 Å². The summed E-state index contributed by atoms with van der Waals surface area (Å²) in [6.45, 7) is 1.36. The number of hydrogen-bond donors (Lipinski definition) is 1. The van der Waals surface area contributed by atoms with Crippen molar-refractivity contribution < 1.29 is 4.74 Å². The van der Waals surface area contributed by atoms with Gasteiger partial charge in [0.15, 0.2) is 0 Å². The van der Waals surface area contributed by atoms with Gasteiger partial charge in [0.1, 0.15) is 5.52 Å². The molecule has 0 bridgehead atoms. The predicted molar refractivity (Wildman–Crippen MR) is 81.1 cm³/mol. The van der Waals surface area contributed by atoms with Gasteiger partial charge in [-0.3, -0.25) is 9.67 Å². The Bertz CT molecular complexity index is 760. The third-order valence-corrected chi connectivity index (χ3v) is 3.36. The summed E-state index contributed by atoms with van der Waals surface area (Å²) in [5, 5.41) is 7.43. The van der Waals surface area contributed by atoms with Crippen molar-refractivity contribution in [2.45, 2.75) is 0 Å². The Morgan fingerprint density at radius 1 is 1.29 bits per heavy atom. The van der Waals surface area contributed by atoms with Crippen molar-refractivity contribution >= 4 is 17.0 Å². The highest BCUT2D eigenvalue weighted by Crippen LogP contribution is 2.23. The van der Waals surface area contributed by atoms with Crippen molar-refractivity contribution in [3.63, 3.8) is 0 Å².